The highest BCUT2D eigenvalue weighted by molar-refractivity contribution is 7.99. The molecule has 13 heavy (non-hydrogen) atoms. The topological polar surface area (TPSA) is 46.2 Å². The molecule has 1 aliphatic carbocycles. The first-order valence-corrected chi connectivity index (χ1v) is 6.26. The van der Waals surface area contributed by atoms with Crippen molar-refractivity contribution < 1.29 is 5.11 Å². The summed E-state index contributed by atoms with van der Waals surface area (Å²) in [7, 11) is 0. The van der Waals surface area contributed by atoms with Crippen molar-refractivity contribution in [1.29, 1.82) is 0 Å². The van der Waals surface area contributed by atoms with Crippen molar-refractivity contribution in [3.63, 3.8) is 0 Å². The molecule has 0 spiro atoms. The average molecular weight is 201 g/mol. The van der Waals surface area contributed by atoms with Crippen molar-refractivity contribution >= 4 is 11.8 Å². The molecule has 2 rings (SSSR count). The fraction of sp³-hybridized carbons (Fsp3) is 1.00. The van der Waals surface area contributed by atoms with Gasteiger partial charge in [0.05, 0.1) is 5.60 Å². The standard InChI is InChI=1S/C10H19NOS/c1-9(12)6-10(11,7-9)8-2-4-13-5-3-8/h8,12H,2-7,11H2,1H3. The molecular weight excluding hydrogens is 182 g/mol. The molecule has 0 atom stereocenters. The maximum Gasteiger partial charge on any atom is 0.0655 e. The smallest absolute Gasteiger partial charge is 0.0655 e. The highest BCUT2D eigenvalue weighted by atomic mass is 32.2. The van der Waals surface area contributed by atoms with E-state index in [1.807, 2.05) is 18.7 Å². The molecule has 0 amide bonds. The van der Waals surface area contributed by atoms with Crippen molar-refractivity contribution in [3.8, 4) is 0 Å². The van der Waals surface area contributed by atoms with Gasteiger partial charge >= 0.3 is 0 Å². The van der Waals surface area contributed by atoms with Crippen LogP contribution in [-0.4, -0.2) is 27.8 Å². The van der Waals surface area contributed by atoms with Gasteiger partial charge in [-0.05, 0) is 50.0 Å². The minimum atomic E-state index is -0.473. The monoisotopic (exact) mass is 201 g/mol. The van der Waals surface area contributed by atoms with Crippen molar-refractivity contribution in [2.45, 2.75) is 43.7 Å². The molecule has 1 saturated heterocycles. The molecular formula is C10H19NOS. The molecule has 0 aromatic carbocycles. The Hall–Kier alpha value is 0.270. The molecule has 2 nitrogen and oxygen atoms in total. The van der Waals surface area contributed by atoms with Gasteiger partial charge in [-0.1, -0.05) is 0 Å². The molecule has 0 aromatic rings. The lowest BCUT2D eigenvalue weighted by molar-refractivity contribution is -0.0933. The lowest BCUT2D eigenvalue weighted by Crippen LogP contribution is -2.65. The summed E-state index contributed by atoms with van der Waals surface area (Å²) in [5.74, 6) is 3.17. The predicted molar refractivity (Wildman–Crippen MR) is 56.8 cm³/mol. The number of hydrogen-bond acceptors (Lipinski definition) is 3. The Kier molecular flexibility index (Phi) is 2.37. The summed E-state index contributed by atoms with van der Waals surface area (Å²) in [6.07, 6.45) is 4.10. The molecule has 0 bridgehead atoms. The number of aliphatic hydroxyl groups is 1. The largest absolute Gasteiger partial charge is 0.390 e. The Bertz CT molecular complexity index is 191. The first-order valence-electron chi connectivity index (χ1n) is 5.11. The minimum Gasteiger partial charge on any atom is -0.390 e. The number of rotatable bonds is 1. The molecule has 1 saturated carbocycles. The van der Waals surface area contributed by atoms with Crippen LogP contribution in [-0.2, 0) is 0 Å². The van der Waals surface area contributed by atoms with Crippen molar-refractivity contribution in [3.05, 3.63) is 0 Å². The van der Waals surface area contributed by atoms with Gasteiger partial charge in [-0.15, -0.1) is 0 Å². The summed E-state index contributed by atoms with van der Waals surface area (Å²) in [5, 5.41) is 9.69. The van der Waals surface area contributed by atoms with Crippen LogP contribution in [0.15, 0.2) is 0 Å². The van der Waals surface area contributed by atoms with E-state index in [1.165, 1.54) is 24.3 Å². The molecule has 0 radical (unpaired) electrons. The van der Waals surface area contributed by atoms with Gasteiger partial charge in [0.25, 0.3) is 0 Å². The molecule has 2 aliphatic rings. The molecule has 2 fully saturated rings. The molecule has 0 aromatic heterocycles. The average Bonchev–Trinajstić information content (AvgIpc) is 2.02. The van der Waals surface area contributed by atoms with E-state index < -0.39 is 5.60 Å². The fourth-order valence-corrected chi connectivity index (χ4v) is 4.03. The minimum absolute atomic E-state index is 0.0372. The van der Waals surface area contributed by atoms with Gasteiger partial charge in [0.2, 0.25) is 0 Å². The molecule has 1 aliphatic heterocycles. The van der Waals surface area contributed by atoms with Crippen LogP contribution >= 0.6 is 11.8 Å². The normalized spacial score (nSPS) is 47.3. The molecule has 3 heteroatoms. The van der Waals surface area contributed by atoms with Crippen LogP contribution < -0.4 is 5.73 Å². The van der Waals surface area contributed by atoms with Crippen LogP contribution in [0.4, 0.5) is 0 Å². The van der Waals surface area contributed by atoms with Crippen molar-refractivity contribution in [2.24, 2.45) is 11.7 Å². The highest BCUT2D eigenvalue weighted by Gasteiger charge is 2.52. The Balaban J connectivity index is 1.93. The highest BCUT2D eigenvalue weighted by Crippen LogP contribution is 2.47. The lowest BCUT2D eigenvalue weighted by atomic mass is 9.59. The van der Waals surface area contributed by atoms with E-state index in [-0.39, 0.29) is 5.54 Å². The third kappa shape index (κ3) is 1.88. The van der Waals surface area contributed by atoms with E-state index in [0.29, 0.717) is 5.92 Å². The number of hydrogen-bond donors (Lipinski definition) is 2. The Morgan fingerprint density at radius 1 is 1.31 bits per heavy atom. The zero-order chi connectivity index (χ0) is 9.53. The molecule has 1 heterocycles. The van der Waals surface area contributed by atoms with Crippen LogP contribution in [0.25, 0.3) is 0 Å². The van der Waals surface area contributed by atoms with Crippen LogP contribution in [0.3, 0.4) is 0 Å². The second-order valence-corrected chi connectivity index (χ2v) is 6.20. The summed E-state index contributed by atoms with van der Waals surface area (Å²) in [4.78, 5) is 0. The van der Waals surface area contributed by atoms with Crippen LogP contribution in [0.2, 0.25) is 0 Å². The summed E-state index contributed by atoms with van der Waals surface area (Å²) in [6.45, 7) is 1.90. The van der Waals surface area contributed by atoms with E-state index in [4.69, 9.17) is 5.73 Å². The lowest BCUT2D eigenvalue weighted by Gasteiger charge is -2.54. The van der Waals surface area contributed by atoms with Gasteiger partial charge in [-0.25, -0.2) is 0 Å². The Morgan fingerprint density at radius 2 is 1.85 bits per heavy atom. The third-order valence-electron chi connectivity index (χ3n) is 3.45. The third-order valence-corrected chi connectivity index (χ3v) is 4.50. The van der Waals surface area contributed by atoms with Crippen LogP contribution in [0, 0.1) is 5.92 Å². The van der Waals surface area contributed by atoms with Crippen molar-refractivity contribution in [2.75, 3.05) is 11.5 Å². The van der Waals surface area contributed by atoms with Crippen LogP contribution in [0.1, 0.15) is 32.6 Å². The quantitative estimate of drug-likeness (QED) is 0.673. The molecule has 76 valence electrons. The first kappa shape index (κ1) is 9.81. The van der Waals surface area contributed by atoms with Gasteiger partial charge in [0, 0.05) is 5.54 Å². The Morgan fingerprint density at radius 3 is 2.31 bits per heavy atom. The SMILES string of the molecule is CC1(O)CC(N)(C2CCSCC2)C1. The summed E-state index contributed by atoms with van der Waals surface area (Å²) >= 11 is 2.03. The van der Waals surface area contributed by atoms with Gasteiger partial charge in [0.15, 0.2) is 0 Å². The van der Waals surface area contributed by atoms with E-state index in [9.17, 15) is 5.11 Å². The second-order valence-electron chi connectivity index (χ2n) is 4.97. The summed E-state index contributed by atoms with van der Waals surface area (Å²) in [6, 6.07) is 0. The summed E-state index contributed by atoms with van der Waals surface area (Å²) < 4.78 is 0. The summed E-state index contributed by atoms with van der Waals surface area (Å²) in [5.41, 5.74) is 5.77. The fourth-order valence-electron chi connectivity index (χ4n) is 2.93. The van der Waals surface area contributed by atoms with Crippen LogP contribution in [0.5, 0.6) is 0 Å². The second kappa shape index (κ2) is 3.14. The van der Waals surface area contributed by atoms with E-state index in [0.717, 1.165) is 12.8 Å². The zero-order valence-corrected chi connectivity index (χ0v) is 9.07. The van der Waals surface area contributed by atoms with E-state index in [1.54, 1.807) is 0 Å². The Labute approximate surface area is 84.3 Å². The number of thioether (sulfide) groups is 1. The zero-order valence-electron chi connectivity index (χ0n) is 8.25. The van der Waals surface area contributed by atoms with E-state index in [2.05, 4.69) is 0 Å². The van der Waals surface area contributed by atoms with Gasteiger partial charge in [-0.2, -0.15) is 11.8 Å². The van der Waals surface area contributed by atoms with Crippen molar-refractivity contribution in [1.82, 2.24) is 0 Å². The van der Waals surface area contributed by atoms with Gasteiger partial charge in [0.1, 0.15) is 0 Å². The maximum atomic E-state index is 9.69. The number of nitrogens with two attached hydrogens (primary N) is 1. The van der Waals surface area contributed by atoms with E-state index >= 15 is 0 Å². The first-order chi connectivity index (χ1) is 6.02. The molecule has 3 N–H and O–H groups in total. The predicted octanol–water partition coefficient (Wildman–Crippen LogP) is 1.37. The molecule has 0 unspecified atom stereocenters. The maximum absolute atomic E-state index is 9.69. The van der Waals surface area contributed by atoms with Gasteiger partial charge in [-0.3, -0.25) is 0 Å². The van der Waals surface area contributed by atoms with Gasteiger partial charge < -0.3 is 10.8 Å².